The summed E-state index contributed by atoms with van der Waals surface area (Å²) in [5, 5.41) is 3.02. The van der Waals surface area contributed by atoms with Gasteiger partial charge in [-0.2, -0.15) is 0 Å². The molecule has 6 nitrogen and oxygen atoms in total. The number of rotatable bonds is 4. The highest BCUT2D eigenvalue weighted by Crippen LogP contribution is 2.31. The average molecular weight is 396 g/mol. The number of nitrogens with two attached hydrogens (primary N) is 1. The summed E-state index contributed by atoms with van der Waals surface area (Å²) in [7, 11) is -3.46. The monoisotopic (exact) mass is 395 g/mol. The van der Waals surface area contributed by atoms with E-state index < -0.39 is 10.0 Å². The zero-order valence-electron chi connectivity index (χ0n) is 14.4. The molecule has 140 valence electrons. The predicted molar refractivity (Wildman–Crippen MR) is 106 cm³/mol. The number of anilines is 2. The standard InChI is InChI=1S/C18H21N3O3S.ClH/c1-25(23,24)21-17-7-3-2-6-15(17)18(22)20-16-8-4-5-12-11-13(19)9-10-14(12)16;/h2-3,6-7,9-11,16,21H,4-5,8,19H2,1H3,(H,20,22);1H. The van der Waals surface area contributed by atoms with Gasteiger partial charge in [0.25, 0.3) is 5.91 Å². The Kier molecular flexibility index (Phi) is 6.15. The first kappa shape index (κ1) is 20.1. The van der Waals surface area contributed by atoms with Crippen molar-refractivity contribution in [3.63, 3.8) is 0 Å². The number of nitrogen functional groups attached to an aromatic ring is 1. The normalized spacial score (nSPS) is 16.1. The third-order valence-corrected chi connectivity index (χ3v) is 4.84. The van der Waals surface area contributed by atoms with Gasteiger partial charge >= 0.3 is 0 Å². The van der Waals surface area contributed by atoms with E-state index >= 15 is 0 Å². The van der Waals surface area contributed by atoms with Crippen molar-refractivity contribution < 1.29 is 13.2 Å². The smallest absolute Gasteiger partial charge is 0.253 e. The van der Waals surface area contributed by atoms with E-state index in [1.54, 1.807) is 24.3 Å². The van der Waals surface area contributed by atoms with E-state index in [4.69, 9.17) is 5.73 Å². The predicted octanol–water partition coefficient (Wildman–Crippen LogP) is 2.87. The summed E-state index contributed by atoms with van der Waals surface area (Å²) < 4.78 is 25.4. The highest BCUT2D eigenvalue weighted by molar-refractivity contribution is 7.92. The number of sulfonamides is 1. The first-order chi connectivity index (χ1) is 11.8. The Labute approximate surface area is 159 Å². The number of amides is 1. The van der Waals surface area contributed by atoms with Gasteiger partial charge in [0.15, 0.2) is 0 Å². The number of hydrogen-bond donors (Lipinski definition) is 3. The van der Waals surface area contributed by atoms with Crippen LogP contribution in [0, 0.1) is 0 Å². The van der Waals surface area contributed by atoms with E-state index in [-0.39, 0.29) is 30.0 Å². The fraction of sp³-hybridized carbons (Fsp3) is 0.278. The molecule has 0 fully saturated rings. The average Bonchev–Trinajstić information content (AvgIpc) is 2.53. The van der Waals surface area contributed by atoms with Gasteiger partial charge in [-0.15, -0.1) is 12.4 Å². The molecule has 0 aliphatic heterocycles. The van der Waals surface area contributed by atoms with Crippen molar-refractivity contribution in [1.29, 1.82) is 0 Å². The molecule has 0 radical (unpaired) electrons. The molecule has 1 aliphatic rings. The number of benzene rings is 2. The molecule has 0 spiro atoms. The number of fused-ring (bicyclic) bond motifs is 1. The number of carbonyl (C=O) groups excluding carboxylic acids is 1. The number of carbonyl (C=O) groups is 1. The number of para-hydroxylation sites is 1. The van der Waals surface area contributed by atoms with Crippen LogP contribution in [0.15, 0.2) is 42.5 Å². The van der Waals surface area contributed by atoms with Crippen LogP contribution in [-0.2, 0) is 16.4 Å². The number of halogens is 1. The second kappa shape index (κ2) is 7.97. The first-order valence-electron chi connectivity index (χ1n) is 8.09. The van der Waals surface area contributed by atoms with Crippen molar-refractivity contribution in [2.24, 2.45) is 0 Å². The topological polar surface area (TPSA) is 101 Å². The molecule has 4 N–H and O–H groups in total. The van der Waals surface area contributed by atoms with Crippen LogP contribution in [0.25, 0.3) is 0 Å². The zero-order chi connectivity index (χ0) is 18.0. The highest BCUT2D eigenvalue weighted by atomic mass is 35.5. The molecule has 0 bridgehead atoms. The number of hydrogen-bond acceptors (Lipinski definition) is 4. The minimum atomic E-state index is -3.46. The van der Waals surface area contributed by atoms with Crippen LogP contribution >= 0.6 is 12.4 Å². The van der Waals surface area contributed by atoms with Gasteiger partial charge in [0.1, 0.15) is 0 Å². The van der Waals surface area contributed by atoms with Gasteiger partial charge in [0.05, 0.1) is 23.5 Å². The molecule has 2 aromatic rings. The van der Waals surface area contributed by atoms with Crippen molar-refractivity contribution in [1.82, 2.24) is 5.32 Å². The number of nitrogens with one attached hydrogen (secondary N) is 2. The van der Waals surface area contributed by atoms with Crippen LogP contribution in [0.1, 0.15) is 40.4 Å². The Morgan fingerprint density at radius 1 is 1.19 bits per heavy atom. The van der Waals surface area contributed by atoms with Crippen molar-refractivity contribution >= 4 is 39.7 Å². The fourth-order valence-corrected chi connectivity index (χ4v) is 3.77. The molecule has 1 unspecified atom stereocenters. The van der Waals surface area contributed by atoms with Crippen molar-refractivity contribution in [3.05, 3.63) is 59.2 Å². The van der Waals surface area contributed by atoms with E-state index in [0.717, 1.165) is 36.6 Å². The summed E-state index contributed by atoms with van der Waals surface area (Å²) in [6.07, 6.45) is 3.80. The first-order valence-corrected chi connectivity index (χ1v) is 9.98. The van der Waals surface area contributed by atoms with Gasteiger partial charge in [-0.1, -0.05) is 18.2 Å². The summed E-state index contributed by atoms with van der Waals surface area (Å²) in [5.74, 6) is -0.304. The van der Waals surface area contributed by atoms with E-state index in [2.05, 4.69) is 10.0 Å². The fourth-order valence-electron chi connectivity index (χ4n) is 3.19. The molecule has 1 aliphatic carbocycles. The van der Waals surface area contributed by atoms with Crippen molar-refractivity contribution in [2.45, 2.75) is 25.3 Å². The van der Waals surface area contributed by atoms with Crippen molar-refractivity contribution in [3.8, 4) is 0 Å². The lowest BCUT2D eigenvalue weighted by Crippen LogP contribution is -2.31. The van der Waals surface area contributed by atoms with Crippen LogP contribution in [0.5, 0.6) is 0 Å². The third-order valence-electron chi connectivity index (χ3n) is 4.25. The Morgan fingerprint density at radius 2 is 1.92 bits per heavy atom. The van der Waals surface area contributed by atoms with Gasteiger partial charge in [-0.05, 0) is 54.7 Å². The maximum Gasteiger partial charge on any atom is 0.253 e. The van der Waals surface area contributed by atoms with E-state index in [1.165, 1.54) is 0 Å². The molecule has 0 saturated heterocycles. The van der Waals surface area contributed by atoms with Gasteiger partial charge in [-0.25, -0.2) is 8.42 Å². The molecule has 3 rings (SSSR count). The molecular weight excluding hydrogens is 374 g/mol. The van der Waals surface area contributed by atoms with Gasteiger partial charge in [0.2, 0.25) is 10.0 Å². The van der Waals surface area contributed by atoms with Crippen LogP contribution < -0.4 is 15.8 Å². The van der Waals surface area contributed by atoms with Gasteiger partial charge in [0, 0.05) is 5.69 Å². The summed E-state index contributed by atoms with van der Waals surface area (Å²) in [5.41, 5.74) is 9.36. The molecule has 8 heteroatoms. The lowest BCUT2D eigenvalue weighted by molar-refractivity contribution is 0.0933. The summed E-state index contributed by atoms with van der Waals surface area (Å²) in [6, 6.07) is 12.2. The Balaban J connectivity index is 0.00000243. The molecule has 0 aromatic heterocycles. The minimum Gasteiger partial charge on any atom is -0.399 e. The second-order valence-electron chi connectivity index (χ2n) is 6.30. The molecule has 1 amide bonds. The van der Waals surface area contributed by atoms with Crippen molar-refractivity contribution in [2.75, 3.05) is 16.7 Å². The van der Waals surface area contributed by atoms with E-state index in [9.17, 15) is 13.2 Å². The second-order valence-corrected chi connectivity index (χ2v) is 8.04. The van der Waals surface area contributed by atoms with E-state index in [0.29, 0.717) is 11.3 Å². The summed E-state index contributed by atoms with van der Waals surface area (Å²) in [6.45, 7) is 0. The van der Waals surface area contributed by atoms with E-state index in [1.807, 2.05) is 18.2 Å². The Bertz CT molecular complexity index is 916. The van der Waals surface area contributed by atoms with Gasteiger partial charge < -0.3 is 11.1 Å². The molecule has 2 aromatic carbocycles. The van der Waals surface area contributed by atoms with Crippen LogP contribution in [0.4, 0.5) is 11.4 Å². The largest absolute Gasteiger partial charge is 0.399 e. The van der Waals surface area contributed by atoms with Crippen LogP contribution in [0.3, 0.4) is 0 Å². The van der Waals surface area contributed by atoms with Crippen LogP contribution in [-0.4, -0.2) is 20.6 Å². The number of aryl methyl sites for hydroxylation is 1. The quantitative estimate of drug-likeness (QED) is 0.692. The molecular formula is C18H22ClN3O3S. The summed E-state index contributed by atoms with van der Waals surface area (Å²) >= 11 is 0. The Morgan fingerprint density at radius 3 is 2.65 bits per heavy atom. The maximum absolute atomic E-state index is 12.7. The SMILES string of the molecule is CS(=O)(=O)Nc1ccccc1C(=O)NC1CCCc2cc(N)ccc21.Cl. The van der Waals surface area contributed by atoms with Gasteiger partial charge in [-0.3, -0.25) is 9.52 Å². The minimum absolute atomic E-state index is 0. The molecule has 0 heterocycles. The lowest BCUT2D eigenvalue weighted by atomic mass is 9.87. The Hall–Kier alpha value is -2.25. The molecule has 26 heavy (non-hydrogen) atoms. The van der Waals surface area contributed by atoms with Crippen LogP contribution in [0.2, 0.25) is 0 Å². The lowest BCUT2D eigenvalue weighted by Gasteiger charge is -2.27. The molecule has 1 atom stereocenters. The molecule has 0 saturated carbocycles. The highest BCUT2D eigenvalue weighted by Gasteiger charge is 2.23. The summed E-state index contributed by atoms with van der Waals surface area (Å²) in [4.78, 5) is 12.7. The maximum atomic E-state index is 12.7. The third kappa shape index (κ3) is 4.68. The zero-order valence-corrected chi connectivity index (χ0v) is 16.0.